The summed E-state index contributed by atoms with van der Waals surface area (Å²) in [5, 5.41) is 0. The van der Waals surface area contributed by atoms with Gasteiger partial charge >= 0.3 is 5.97 Å². The SMILES string of the molecule is CCOC(=O)c1oc(-c2ccc(F)cc2Br)nc1C1CC1. The third-order valence-corrected chi connectivity index (χ3v) is 3.90. The van der Waals surface area contributed by atoms with Gasteiger partial charge in [-0.25, -0.2) is 14.2 Å². The van der Waals surface area contributed by atoms with E-state index in [1.807, 2.05) is 0 Å². The van der Waals surface area contributed by atoms with Crippen LogP contribution in [0.1, 0.15) is 41.9 Å². The van der Waals surface area contributed by atoms with E-state index in [1.54, 1.807) is 13.0 Å². The molecule has 0 N–H and O–H groups in total. The molecular formula is C15H13BrFNO3. The molecule has 0 aliphatic heterocycles. The Balaban J connectivity index is 2.03. The lowest BCUT2D eigenvalue weighted by molar-refractivity contribution is 0.0489. The standard InChI is InChI=1S/C15H13BrFNO3/c1-2-20-15(19)13-12(8-3-4-8)18-14(21-13)10-6-5-9(17)7-11(10)16/h5-8H,2-4H2,1H3. The second kappa shape index (κ2) is 5.60. The van der Waals surface area contributed by atoms with Crippen LogP contribution in [0.15, 0.2) is 27.1 Å². The van der Waals surface area contributed by atoms with Gasteiger partial charge in [-0.15, -0.1) is 0 Å². The second-order valence-corrected chi connectivity index (χ2v) is 5.71. The highest BCUT2D eigenvalue weighted by atomic mass is 79.9. The van der Waals surface area contributed by atoms with Crippen LogP contribution in [0.4, 0.5) is 4.39 Å². The Morgan fingerprint density at radius 2 is 2.29 bits per heavy atom. The van der Waals surface area contributed by atoms with Crippen LogP contribution in [0.5, 0.6) is 0 Å². The Bertz CT molecular complexity index is 694. The molecule has 6 heteroatoms. The van der Waals surface area contributed by atoms with E-state index in [9.17, 15) is 9.18 Å². The average Bonchev–Trinajstić information content (AvgIpc) is 3.19. The molecule has 1 aliphatic rings. The first-order valence-electron chi connectivity index (χ1n) is 6.73. The molecule has 1 heterocycles. The van der Waals surface area contributed by atoms with E-state index in [2.05, 4.69) is 20.9 Å². The monoisotopic (exact) mass is 353 g/mol. The number of nitrogens with zero attached hydrogens (tertiary/aromatic N) is 1. The van der Waals surface area contributed by atoms with Crippen LogP contribution >= 0.6 is 15.9 Å². The summed E-state index contributed by atoms with van der Waals surface area (Å²) in [6.07, 6.45) is 1.98. The van der Waals surface area contributed by atoms with Gasteiger partial charge in [0.1, 0.15) is 5.82 Å². The highest BCUT2D eigenvalue weighted by Gasteiger charge is 2.34. The molecule has 4 nitrogen and oxygen atoms in total. The van der Waals surface area contributed by atoms with E-state index >= 15 is 0 Å². The Labute approximate surface area is 129 Å². The van der Waals surface area contributed by atoms with E-state index in [0.717, 1.165) is 12.8 Å². The van der Waals surface area contributed by atoms with E-state index in [-0.39, 0.29) is 24.1 Å². The maximum Gasteiger partial charge on any atom is 0.376 e. The molecule has 1 aromatic heterocycles. The molecule has 0 unspecified atom stereocenters. The molecule has 0 radical (unpaired) electrons. The van der Waals surface area contributed by atoms with Crippen molar-refractivity contribution in [3.05, 3.63) is 39.9 Å². The maximum atomic E-state index is 13.2. The van der Waals surface area contributed by atoms with Crippen molar-refractivity contribution in [2.45, 2.75) is 25.7 Å². The first kappa shape index (κ1) is 14.3. The number of aromatic nitrogens is 1. The zero-order chi connectivity index (χ0) is 15.0. The van der Waals surface area contributed by atoms with Crippen molar-refractivity contribution >= 4 is 21.9 Å². The topological polar surface area (TPSA) is 52.3 Å². The van der Waals surface area contributed by atoms with Crippen molar-refractivity contribution < 1.29 is 18.3 Å². The van der Waals surface area contributed by atoms with Crippen molar-refractivity contribution in [1.82, 2.24) is 4.98 Å². The predicted molar refractivity (Wildman–Crippen MR) is 77.5 cm³/mol. The van der Waals surface area contributed by atoms with Gasteiger partial charge in [-0.1, -0.05) is 0 Å². The first-order chi connectivity index (χ1) is 10.1. The number of halogens is 2. The smallest absolute Gasteiger partial charge is 0.376 e. The van der Waals surface area contributed by atoms with Crippen molar-refractivity contribution in [3.63, 3.8) is 0 Å². The number of oxazole rings is 1. The fourth-order valence-electron chi connectivity index (χ4n) is 2.09. The number of carbonyl (C=O) groups excluding carboxylic acids is 1. The lowest BCUT2D eigenvalue weighted by Crippen LogP contribution is -2.05. The largest absolute Gasteiger partial charge is 0.460 e. The van der Waals surface area contributed by atoms with Gasteiger partial charge in [0, 0.05) is 10.4 Å². The molecule has 110 valence electrons. The van der Waals surface area contributed by atoms with E-state index in [1.165, 1.54) is 12.1 Å². The van der Waals surface area contributed by atoms with Gasteiger partial charge in [0.2, 0.25) is 11.7 Å². The Hall–Kier alpha value is -1.69. The van der Waals surface area contributed by atoms with Crippen LogP contribution < -0.4 is 0 Å². The molecule has 0 atom stereocenters. The number of hydrogen-bond donors (Lipinski definition) is 0. The normalized spacial score (nSPS) is 14.2. The van der Waals surface area contributed by atoms with Crippen molar-refractivity contribution in [2.24, 2.45) is 0 Å². The highest BCUT2D eigenvalue weighted by molar-refractivity contribution is 9.10. The Kier molecular flexibility index (Phi) is 3.80. The number of esters is 1. The van der Waals surface area contributed by atoms with Crippen molar-refractivity contribution in [3.8, 4) is 11.5 Å². The number of carbonyl (C=O) groups is 1. The van der Waals surface area contributed by atoms with Crippen LogP contribution in [0.25, 0.3) is 11.5 Å². The third kappa shape index (κ3) is 2.85. The van der Waals surface area contributed by atoms with Crippen LogP contribution in [-0.2, 0) is 4.74 Å². The van der Waals surface area contributed by atoms with Crippen molar-refractivity contribution in [2.75, 3.05) is 6.61 Å². The summed E-state index contributed by atoms with van der Waals surface area (Å²) in [6, 6.07) is 4.22. The minimum Gasteiger partial charge on any atom is -0.460 e. The zero-order valence-electron chi connectivity index (χ0n) is 11.4. The Morgan fingerprint density at radius 3 is 2.90 bits per heavy atom. The number of hydrogen-bond acceptors (Lipinski definition) is 4. The quantitative estimate of drug-likeness (QED) is 0.769. The number of ether oxygens (including phenoxy) is 1. The first-order valence-corrected chi connectivity index (χ1v) is 7.52. The molecule has 21 heavy (non-hydrogen) atoms. The summed E-state index contributed by atoms with van der Waals surface area (Å²) >= 11 is 3.28. The van der Waals surface area contributed by atoms with Crippen molar-refractivity contribution in [1.29, 1.82) is 0 Å². The summed E-state index contributed by atoms with van der Waals surface area (Å²) in [5.74, 6) is -0.153. The van der Waals surface area contributed by atoms with Gasteiger partial charge < -0.3 is 9.15 Å². The van der Waals surface area contributed by atoms with Gasteiger partial charge in [-0.05, 0) is 53.9 Å². The fraction of sp³-hybridized carbons (Fsp3) is 0.333. The van der Waals surface area contributed by atoms with E-state index in [4.69, 9.17) is 9.15 Å². The minimum atomic E-state index is -0.503. The minimum absolute atomic E-state index is 0.158. The molecule has 1 fully saturated rings. The maximum absolute atomic E-state index is 13.2. The highest BCUT2D eigenvalue weighted by Crippen LogP contribution is 2.43. The average molecular weight is 354 g/mol. The summed E-state index contributed by atoms with van der Waals surface area (Å²) in [7, 11) is 0. The molecule has 1 saturated carbocycles. The summed E-state index contributed by atoms with van der Waals surface area (Å²) in [4.78, 5) is 16.4. The second-order valence-electron chi connectivity index (χ2n) is 4.85. The van der Waals surface area contributed by atoms with Crippen LogP contribution in [0.3, 0.4) is 0 Å². The molecular weight excluding hydrogens is 341 g/mol. The van der Waals surface area contributed by atoms with E-state index < -0.39 is 5.97 Å². The third-order valence-electron chi connectivity index (χ3n) is 3.24. The molecule has 2 aromatic rings. The molecule has 3 rings (SSSR count). The van der Waals surface area contributed by atoms with Gasteiger partial charge in [-0.3, -0.25) is 0 Å². The fourth-order valence-corrected chi connectivity index (χ4v) is 2.61. The van der Waals surface area contributed by atoms with Gasteiger partial charge in [0.15, 0.2) is 0 Å². The van der Waals surface area contributed by atoms with Crippen LogP contribution in [-0.4, -0.2) is 17.6 Å². The lowest BCUT2D eigenvalue weighted by atomic mass is 10.2. The molecule has 0 amide bonds. The molecule has 0 saturated heterocycles. The molecule has 1 aromatic carbocycles. The van der Waals surface area contributed by atoms with Gasteiger partial charge in [0.25, 0.3) is 0 Å². The Morgan fingerprint density at radius 1 is 1.52 bits per heavy atom. The predicted octanol–water partition coefficient (Wildman–Crippen LogP) is 4.30. The van der Waals surface area contributed by atoms with E-state index in [0.29, 0.717) is 21.6 Å². The zero-order valence-corrected chi connectivity index (χ0v) is 12.9. The molecule has 1 aliphatic carbocycles. The molecule has 0 spiro atoms. The summed E-state index contributed by atoms with van der Waals surface area (Å²) in [6.45, 7) is 2.02. The van der Waals surface area contributed by atoms with Crippen LogP contribution in [0, 0.1) is 5.82 Å². The molecule has 0 bridgehead atoms. The van der Waals surface area contributed by atoms with Gasteiger partial charge in [0.05, 0.1) is 17.9 Å². The number of benzene rings is 1. The summed E-state index contributed by atoms with van der Waals surface area (Å²) < 4.78 is 24.3. The summed E-state index contributed by atoms with van der Waals surface area (Å²) in [5.41, 5.74) is 1.24. The van der Waals surface area contributed by atoms with Gasteiger partial charge in [-0.2, -0.15) is 0 Å². The van der Waals surface area contributed by atoms with Crippen LogP contribution in [0.2, 0.25) is 0 Å². The lowest BCUT2D eigenvalue weighted by Gasteiger charge is -2.00. The number of rotatable bonds is 4.